The van der Waals surface area contributed by atoms with Gasteiger partial charge in [-0.3, -0.25) is 0 Å². The average Bonchev–Trinajstić information content (AvgIpc) is 2.33. The lowest BCUT2D eigenvalue weighted by molar-refractivity contribution is -0.137. The monoisotopic (exact) mass is 365 g/mol. The van der Waals surface area contributed by atoms with Gasteiger partial charge in [-0.2, -0.15) is 13.2 Å². The van der Waals surface area contributed by atoms with Crippen LogP contribution in [0.2, 0.25) is 5.02 Å². The van der Waals surface area contributed by atoms with Crippen molar-refractivity contribution in [2.24, 2.45) is 0 Å². The molecule has 8 heteroatoms. The van der Waals surface area contributed by atoms with Gasteiger partial charge in [-0.1, -0.05) is 11.6 Å². The molecule has 0 unspecified atom stereocenters. The van der Waals surface area contributed by atoms with Crippen molar-refractivity contribution in [1.82, 2.24) is 4.98 Å². The van der Waals surface area contributed by atoms with Gasteiger partial charge >= 0.3 is 6.18 Å². The number of rotatable bonds is 2. The molecule has 0 fully saturated rings. The number of hydrogen-bond acceptors (Lipinski definition) is 3. The highest BCUT2D eigenvalue weighted by Gasteiger charge is 2.30. The predicted octanol–water partition coefficient (Wildman–Crippen LogP) is 4.84. The van der Waals surface area contributed by atoms with Crippen molar-refractivity contribution in [3.63, 3.8) is 0 Å². The second-order valence-electron chi connectivity index (χ2n) is 3.91. The van der Waals surface area contributed by atoms with Gasteiger partial charge in [0.2, 0.25) is 0 Å². The fourth-order valence-electron chi connectivity index (χ4n) is 1.48. The van der Waals surface area contributed by atoms with E-state index in [-0.39, 0.29) is 5.02 Å². The quantitative estimate of drug-likeness (QED) is 0.799. The number of alkyl halides is 3. The SMILES string of the molecule is Nc1cc(Br)cnc1Nc1ccc(C(F)(F)F)cc1Cl. The zero-order valence-electron chi connectivity index (χ0n) is 9.80. The number of pyridine rings is 1. The molecule has 106 valence electrons. The molecule has 0 aliphatic heterocycles. The van der Waals surface area contributed by atoms with E-state index in [0.717, 1.165) is 12.1 Å². The van der Waals surface area contributed by atoms with Crippen molar-refractivity contribution in [1.29, 1.82) is 0 Å². The highest BCUT2D eigenvalue weighted by Crippen LogP contribution is 2.35. The number of hydrogen-bond donors (Lipinski definition) is 2. The molecule has 0 saturated carbocycles. The minimum atomic E-state index is -4.43. The molecule has 2 rings (SSSR count). The lowest BCUT2D eigenvalue weighted by Crippen LogP contribution is -2.05. The Morgan fingerprint density at radius 1 is 1.25 bits per heavy atom. The fraction of sp³-hybridized carbons (Fsp3) is 0.0833. The number of nitrogens with zero attached hydrogens (tertiary/aromatic N) is 1. The first-order chi connectivity index (χ1) is 9.27. The van der Waals surface area contributed by atoms with Crippen LogP contribution in [-0.2, 0) is 6.18 Å². The molecule has 0 saturated heterocycles. The Labute approximate surface area is 126 Å². The second kappa shape index (κ2) is 5.49. The minimum Gasteiger partial charge on any atom is -0.396 e. The Balaban J connectivity index is 2.30. The van der Waals surface area contributed by atoms with Gasteiger partial charge in [-0.05, 0) is 40.2 Å². The van der Waals surface area contributed by atoms with Gasteiger partial charge in [0.05, 0.1) is 22.0 Å². The Kier molecular flexibility index (Phi) is 4.10. The number of benzene rings is 1. The summed E-state index contributed by atoms with van der Waals surface area (Å²) in [6, 6.07) is 4.63. The second-order valence-corrected chi connectivity index (χ2v) is 5.23. The number of nitrogens with one attached hydrogen (secondary N) is 1. The predicted molar refractivity (Wildman–Crippen MR) is 76.1 cm³/mol. The summed E-state index contributed by atoms with van der Waals surface area (Å²) in [6.45, 7) is 0. The van der Waals surface area contributed by atoms with Crippen molar-refractivity contribution in [2.45, 2.75) is 6.18 Å². The van der Waals surface area contributed by atoms with E-state index in [1.54, 1.807) is 6.07 Å². The van der Waals surface area contributed by atoms with E-state index in [2.05, 4.69) is 26.2 Å². The molecule has 0 bridgehead atoms. The summed E-state index contributed by atoms with van der Waals surface area (Å²) in [5.41, 5.74) is 5.56. The van der Waals surface area contributed by atoms with Crippen LogP contribution >= 0.6 is 27.5 Å². The van der Waals surface area contributed by atoms with E-state index in [4.69, 9.17) is 17.3 Å². The summed E-state index contributed by atoms with van der Waals surface area (Å²) in [5, 5.41) is 2.72. The van der Waals surface area contributed by atoms with Crippen LogP contribution in [0.5, 0.6) is 0 Å². The summed E-state index contributed by atoms with van der Waals surface area (Å²) in [7, 11) is 0. The van der Waals surface area contributed by atoms with E-state index >= 15 is 0 Å². The van der Waals surface area contributed by atoms with Crippen LogP contribution in [0.15, 0.2) is 34.9 Å². The third-order valence-electron chi connectivity index (χ3n) is 2.43. The summed E-state index contributed by atoms with van der Waals surface area (Å²) in [6.07, 6.45) is -2.92. The maximum absolute atomic E-state index is 12.5. The summed E-state index contributed by atoms with van der Waals surface area (Å²) in [4.78, 5) is 4.02. The lowest BCUT2D eigenvalue weighted by Gasteiger charge is -2.12. The van der Waals surface area contributed by atoms with Crippen molar-refractivity contribution >= 4 is 44.7 Å². The molecular formula is C12H8BrClF3N3. The first-order valence-electron chi connectivity index (χ1n) is 5.32. The van der Waals surface area contributed by atoms with Crippen LogP contribution in [0, 0.1) is 0 Å². The Morgan fingerprint density at radius 3 is 2.50 bits per heavy atom. The largest absolute Gasteiger partial charge is 0.416 e. The zero-order valence-corrected chi connectivity index (χ0v) is 12.1. The molecule has 0 spiro atoms. The Hall–Kier alpha value is -1.47. The zero-order chi connectivity index (χ0) is 14.9. The van der Waals surface area contributed by atoms with Gasteiger partial charge < -0.3 is 11.1 Å². The van der Waals surface area contributed by atoms with Gasteiger partial charge in [0.25, 0.3) is 0 Å². The molecule has 3 N–H and O–H groups in total. The van der Waals surface area contributed by atoms with E-state index < -0.39 is 11.7 Å². The van der Waals surface area contributed by atoms with Crippen LogP contribution in [0.4, 0.5) is 30.4 Å². The maximum atomic E-state index is 12.5. The van der Waals surface area contributed by atoms with Gasteiger partial charge in [-0.15, -0.1) is 0 Å². The van der Waals surface area contributed by atoms with E-state index in [1.165, 1.54) is 12.3 Å². The van der Waals surface area contributed by atoms with Crippen molar-refractivity contribution in [3.8, 4) is 0 Å². The third kappa shape index (κ3) is 3.34. The highest BCUT2D eigenvalue weighted by atomic mass is 79.9. The molecule has 1 aromatic heterocycles. The molecule has 0 amide bonds. The first-order valence-corrected chi connectivity index (χ1v) is 6.49. The molecule has 0 atom stereocenters. The van der Waals surface area contributed by atoms with Gasteiger partial charge in [0.15, 0.2) is 5.82 Å². The number of halogens is 5. The maximum Gasteiger partial charge on any atom is 0.416 e. The molecule has 2 aromatic rings. The van der Waals surface area contributed by atoms with Crippen LogP contribution < -0.4 is 11.1 Å². The molecule has 3 nitrogen and oxygen atoms in total. The summed E-state index contributed by atoms with van der Waals surface area (Å²) >= 11 is 9.03. The standard InChI is InChI=1S/C12H8BrClF3N3/c13-7-4-9(18)11(19-5-7)20-10-2-1-6(3-8(10)14)12(15,16)17/h1-5H,18H2,(H,19,20). The fourth-order valence-corrected chi connectivity index (χ4v) is 2.06. The minimum absolute atomic E-state index is 0.0658. The van der Waals surface area contributed by atoms with Crippen molar-refractivity contribution < 1.29 is 13.2 Å². The Bertz CT molecular complexity index is 646. The topological polar surface area (TPSA) is 50.9 Å². The van der Waals surface area contributed by atoms with Crippen molar-refractivity contribution in [2.75, 3.05) is 11.1 Å². The van der Waals surface area contributed by atoms with E-state index in [9.17, 15) is 13.2 Å². The summed E-state index contributed by atoms with van der Waals surface area (Å²) < 4.78 is 38.2. The van der Waals surface area contributed by atoms with E-state index in [0.29, 0.717) is 21.7 Å². The summed E-state index contributed by atoms with van der Waals surface area (Å²) in [5.74, 6) is 0.315. The normalized spacial score (nSPS) is 11.4. The molecule has 0 radical (unpaired) electrons. The van der Waals surface area contributed by atoms with Gasteiger partial charge in [-0.25, -0.2) is 4.98 Å². The molecule has 0 aliphatic carbocycles. The average molecular weight is 367 g/mol. The van der Waals surface area contributed by atoms with Gasteiger partial charge in [0.1, 0.15) is 0 Å². The molecule has 0 aliphatic rings. The van der Waals surface area contributed by atoms with Crippen molar-refractivity contribution in [3.05, 3.63) is 45.5 Å². The van der Waals surface area contributed by atoms with Crippen LogP contribution in [0.1, 0.15) is 5.56 Å². The number of aromatic nitrogens is 1. The Morgan fingerprint density at radius 2 is 1.95 bits per heavy atom. The first kappa shape index (κ1) is 14.9. The molecule has 1 aromatic carbocycles. The smallest absolute Gasteiger partial charge is 0.396 e. The van der Waals surface area contributed by atoms with Crippen LogP contribution in [-0.4, -0.2) is 4.98 Å². The van der Waals surface area contributed by atoms with Gasteiger partial charge in [0, 0.05) is 10.7 Å². The van der Waals surface area contributed by atoms with Crippen LogP contribution in [0.25, 0.3) is 0 Å². The lowest BCUT2D eigenvalue weighted by atomic mass is 10.2. The van der Waals surface area contributed by atoms with Crippen LogP contribution in [0.3, 0.4) is 0 Å². The molecular weight excluding hydrogens is 359 g/mol. The molecule has 20 heavy (non-hydrogen) atoms. The number of anilines is 3. The van der Waals surface area contributed by atoms with E-state index in [1.807, 2.05) is 0 Å². The highest BCUT2D eigenvalue weighted by molar-refractivity contribution is 9.10. The number of nitrogen functional groups attached to an aromatic ring is 1. The number of nitrogens with two attached hydrogens (primary N) is 1. The molecule has 1 heterocycles. The third-order valence-corrected chi connectivity index (χ3v) is 3.18.